The second-order valence-corrected chi connectivity index (χ2v) is 17.1. The van der Waals surface area contributed by atoms with Crippen LogP contribution < -0.4 is 0 Å². The summed E-state index contributed by atoms with van der Waals surface area (Å²) >= 11 is 0. The predicted octanol–water partition coefficient (Wildman–Crippen LogP) is 9.14. The van der Waals surface area contributed by atoms with Crippen molar-refractivity contribution >= 4 is 0 Å². The highest BCUT2D eigenvalue weighted by molar-refractivity contribution is 5.23. The lowest BCUT2D eigenvalue weighted by atomic mass is 9.97. The van der Waals surface area contributed by atoms with Crippen molar-refractivity contribution in [1.29, 1.82) is 0 Å². The van der Waals surface area contributed by atoms with E-state index in [1.165, 1.54) is 0 Å². The SMILES string of the molecule is CO[C@H]1O[C@@H]2CO[C@@H]3O[C@H](COCc4cccc(c4)CO[C@H]2[C@H](OCc2ccccc2)[C@H]1OCc1ccccc1)[C@@H](OCc1ccccc1)[C@H](OCc1ccccc1)[C@H]3OCc1ccccc1. The van der Waals surface area contributed by atoms with Crippen molar-refractivity contribution in [2.24, 2.45) is 0 Å². The minimum Gasteiger partial charge on any atom is -0.374 e. The van der Waals surface area contributed by atoms with Crippen LogP contribution in [0.5, 0.6) is 0 Å². The van der Waals surface area contributed by atoms with Crippen molar-refractivity contribution in [3.63, 3.8) is 0 Å². The summed E-state index contributed by atoms with van der Waals surface area (Å²) < 4.78 is 74.7. The van der Waals surface area contributed by atoms with Crippen LogP contribution in [0.1, 0.15) is 38.9 Å². The van der Waals surface area contributed by atoms with Gasteiger partial charge in [-0.25, -0.2) is 0 Å². The van der Waals surface area contributed by atoms with Crippen LogP contribution in [0.3, 0.4) is 0 Å². The van der Waals surface area contributed by atoms with Crippen molar-refractivity contribution in [3.8, 4) is 0 Å². The first-order chi connectivity index (χ1) is 33.2. The normalized spacial score (nSPS) is 26.7. The Morgan fingerprint density at radius 1 is 0.403 bits per heavy atom. The van der Waals surface area contributed by atoms with E-state index in [1.54, 1.807) is 7.11 Å². The Hall–Kier alpha value is -5.12. The minimum atomic E-state index is -0.957. The summed E-state index contributed by atoms with van der Waals surface area (Å²) in [4.78, 5) is 0. The van der Waals surface area contributed by atoms with Gasteiger partial charge in [-0.15, -0.1) is 0 Å². The van der Waals surface area contributed by atoms with Crippen molar-refractivity contribution in [3.05, 3.63) is 215 Å². The molecule has 2 fully saturated rings. The third kappa shape index (κ3) is 12.9. The number of ether oxygens (including phenoxy) is 11. The summed E-state index contributed by atoms with van der Waals surface area (Å²) in [5.74, 6) is 0. The molecule has 0 aromatic heterocycles. The summed E-state index contributed by atoms with van der Waals surface area (Å²) in [6, 6.07) is 58.5. The number of hydrogen-bond acceptors (Lipinski definition) is 11. The van der Waals surface area contributed by atoms with E-state index in [9.17, 15) is 0 Å². The second-order valence-electron chi connectivity index (χ2n) is 17.1. The molecule has 350 valence electrons. The molecular formula is C56H60O11. The van der Waals surface area contributed by atoms with Gasteiger partial charge in [0.15, 0.2) is 12.6 Å². The van der Waals surface area contributed by atoms with Crippen molar-refractivity contribution in [2.75, 3.05) is 20.3 Å². The average molecular weight is 909 g/mol. The molecule has 0 N–H and O–H groups in total. The van der Waals surface area contributed by atoms with Gasteiger partial charge in [-0.05, 0) is 38.9 Å². The Labute approximate surface area is 393 Å². The van der Waals surface area contributed by atoms with Crippen molar-refractivity contribution in [2.45, 2.75) is 108 Å². The molecule has 11 heteroatoms. The Morgan fingerprint density at radius 2 is 0.851 bits per heavy atom. The molecule has 3 heterocycles. The quantitative estimate of drug-likeness (QED) is 0.0930. The fourth-order valence-corrected chi connectivity index (χ4v) is 8.80. The first-order valence-corrected chi connectivity index (χ1v) is 23.2. The average Bonchev–Trinajstić information content (AvgIpc) is 3.38. The molecule has 3 aliphatic heterocycles. The van der Waals surface area contributed by atoms with E-state index in [2.05, 4.69) is 6.07 Å². The van der Waals surface area contributed by atoms with E-state index in [4.69, 9.17) is 52.1 Å². The van der Waals surface area contributed by atoms with E-state index < -0.39 is 61.4 Å². The van der Waals surface area contributed by atoms with E-state index >= 15 is 0 Å². The number of benzene rings is 6. The van der Waals surface area contributed by atoms with Crippen LogP contribution >= 0.6 is 0 Å². The van der Waals surface area contributed by atoms with Gasteiger partial charge >= 0.3 is 0 Å². The standard InChI is InChI=1S/C56H60O11/c1-57-55-53(63-35-43-24-13-5-14-25-43)51(61-33-41-20-9-3-10-21-41)50-48(66-55)39-65-56-54(64-36-44-26-15-6-16-27-44)52(62-34-42-22-11-4-12-23-42)49(59-32-40-18-7-2-8-19-40)47(67-56)38-58-31-45-28-17-29-46(30-45)37-60-50/h2-30,47-56H,31-39H2,1H3/t47-,48-,49-,50-,51+,52+,53-,54-,55+,56-/m1/s1. The zero-order valence-corrected chi connectivity index (χ0v) is 37.9. The van der Waals surface area contributed by atoms with Gasteiger partial charge in [-0.2, -0.15) is 0 Å². The van der Waals surface area contributed by atoms with Crippen molar-refractivity contribution in [1.82, 2.24) is 0 Å². The molecule has 0 saturated carbocycles. The zero-order chi connectivity index (χ0) is 45.5. The molecule has 67 heavy (non-hydrogen) atoms. The number of hydrogen-bond donors (Lipinski definition) is 0. The summed E-state index contributed by atoms with van der Waals surface area (Å²) in [5, 5.41) is 0. The van der Waals surface area contributed by atoms with Gasteiger partial charge in [0, 0.05) is 7.11 Å². The molecule has 10 atom stereocenters. The van der Waals surface area contributed by atoms with Crippen LogP contribution in [0.25, 0.3) is 0 Å². The Balaban J connectivity index is 1.07. The number of methoxy groups -OCH3 is 1. The van der Waals surface area contributed by atoms with Crippen LogP contribution in [0.15, 0.2) is 176 Å². The molecule has 6 aromatic carbocycles. The maximum atomic E-state index is 7.02. The predicted molar refractivity (Wildman–Crippen MR) is 250 cm³/mol. The smallest absolute Gasteiger partial charge is 0.187 e. The maximum Gasteiger partial charge on any atom is 0.187 e. The van der Waals surface area contributed by atoms with Crippen LogP contribution in [-0.4, -0.2) is 81.7 Å². The van der Waals surface area contributed by atoms with Gasteiger partial charge in [0.1, 0.15) is 48.8 Å². The number of fused-ring (bicyclic) bond motifs is 5. The molecule has 2 saturated heterocycles. The molecule has 0 unspecified atom stereocenters. The minimum absolute atomic E-state index is 0.0194. The van der Waals surface area contributed by atoms with Crippen LogP contribution in [0.4, 0.5) is 0 Å². The van der Waals surface area contributed by atoms with Gasteiger partial charge < -0.3 is 52.1 Å². The molecule has 0 aliphatic carbocycles. The Bertz CT molecular complexity index is 2320. The highest BCUT2D eigenvalue weighted by Gasteiger charge is 2.52. The van der Waals surface area contributed by atoms with Gasteiger partial charge in [-0.3, -0.25) is 0 Å². The second kappa shape index (κ2) is 24.2. The highest BCUT2D eigenvalue weighted by Crippen LogP contribution is 2.35. The first kappa shape index (κ1) is 47.0. The fourth-order valence-electron chi connectivity index (χ4n) is 8.80. The van der Waals surface area contributed by atoms with Crippen LogP contribution in [0, 0.1) is 0 Å². The van der Waals surface area contributed by atoms with Gasteiger partial charge in [-0.1, -0.05) is 176 Å². The van der Waals surface area contributed by atoms with E-state index in [-0.39, 0.29) is 26.4 Å². The molecule has 0 spiro atoms. The van der Waals surface area contributed by atoms with Crippen molar-refractivity contribution < 1.29 is 52.1 Å². The first-order valence-electron chi connectivity index (χ1n) is 23.2. The third-order valence-corrected chi connectivity index (χ3v) is 12.3. The molecule has 0 amide bonds. The largest absolute Gasteiger partial charge is 0.374 e. The maximum absolute atomic E-state index is 7.02. The summed E-state index contributed by atoms with van der Waals surface area (Å²) in [7, 11) is 1.62. The van der Waals surface area contributed by atoms with Crippen LogP contribution in [0.2, 0.25) is 0 Å². The highest BCUT2D eigenvalue weighted by atomic mass is 16.7. The molecule has 4 bridgehead atoms. The lowest BCUT2D eigenvalue weighted by Gasteiger charge is -2.48. The van der Waals surface area contributed by atoms with Gasteiger partial charge in [0.05, 0.1) is 59.5 Å². The molecular weight excluding hydrogens is 849 g/mol. The van der Waals surface area contributed by atoms with E-state index in [0.717, 1.165) is 38.9 Å². The summed E-state index contributed by atoms with van der Waals surface area (Å²) in [6.45, 7) is 2.33. The Morgan fingerprint density at radius 3 is 1.36 bits per heavy atom. The fraction of sp³-hybridized carbons (Fsp3) is 0.357. The topological polar surface area (TPSA) is 102 Å². The number of rotatable bonds is 16. The monoisotopic (exact) mass is 908 g/mol. The van der Waals surface area contributed by atoms with E-state index in [1.807, 2.05) is 170 Å². The lowest BCUT2D eigenvalue weighted by molar-refractivity contribution is -0.351. The summed E-state index contributed by atoms with van der Waals surface area (Å²) in [6.07, 6.45) is -7.18. The molecule has 6 aromatic rings. The van der Waals surface area contributed by atoms with E-state index in [0.29, 0.717) is 33.0 Å². The lowest BCUT2D eigenvalue weighted by Crippen LogP contribution is -2.64. The van der Waals surface area contributed by atoms with Gasteiger partial charge in [0.2, 0.25) is 0 Å². The molecule has 3 aliphatic rings. The van der Waals surface area contributed by atoms with Crippen LogP contribution in [-0.2, 0) is 98.4 Å². The summed E-state index contributed by atoms with van der Waals surface area (Å²) in [5.41, 5.74) is 6.98. The molecule has 11 nitrogen and oxygen atoms in total. The zero-order valence-electron chi connectivity index (χ0n) is 37.9. The third-order valence-electron chi connectivity index (χ3n) is 12.3. The van der Waals surface area contributed by atoms with Gasteiger partial charge in [0.25, 0.3) is 0 Å². The molecule has 9 rings (SSSR count). The Kier molecular flexibility index (Phi) is 17.0. The molecule has 0 radical (unpaired) electrons.